The highest BCUT2D eigenvalue weighted by Crippen LogP contribution is 2.13. The number of quaternary nitrogens is 1. The molecule has 2 aromatic rings. The van der Waals surface area contributed by atoms with Gasteiger partial charge in [0.15, 0.2) is 18.2 Å². The zero-order chi connectivity index (χ0) is 16.8. The molecule has 0 saturated heterocycles. The van der Waals surface area contributed by atoms with E-state index >= 15 is 0 Å². The largest absolute Gasteiger partial charge is 0.347 e. The van der Waals surface area contributed by atoms with Crippen molar-refractivity contribution in [2.75, 3.05) is 6.54 Å². The van der Waals surface area contributed by atoms with Gasteiger partial charge in [0.25, 0.3) is 5.91 Å². The third kappa shape index (κ3) is 5.30. The summed E-state index contributed by atoms with van der Waals surface area (Å²) in [5.41, 5.74) is 1.55. The molecule has 0 saturated carbocycles. The average molecular weight is 340 g/mol. The Hall–Kier alpha value is -1.98. The van der Waals surface area contributed by atoms with Gasteiger partial charge in [0.2, 0.25) is 0 Å². The number of nitrogens with two attached hydrogens (primary N) is 1. The number of nitrogens with one attached hydrogen (secondary N) is 1. The second-order valence-corrected chi connectivity index (χ2v) is 5.75. The molecule has 0 heterocycles. The van der Waals surface area contributed by atoms with E-state index in [0.29, 0.717) is 17.1 Å². The first kappa shape index (κ1) is 17.4. The molecule has 2 aromatic carbocycles. The molecule has 0 aromatic heterocycles. The van der Waals surface area contributed by atoms with Gasteiger partial charge >= 0.3 is 0 Å². The second-order valence-electron chi connectivity index (χ2n) is 5.31. The van der Waals surface area contributed by atoms with Crippen molar-refractivity contribution >= 4 is 17.5 Å². The molecule has 1 atom stereocenters. The number of hydrogen-bond donors (Lipinski definition) is 2. The molecular weight excluding hydrogens is 322 g/mol. The van der Waals surface area contributed by atoms with E-state index in [0.717, 1.165) is 17.7 Å². The maximum absolute atomic E-state index is 13.2. The summed E-state index contributed by atoms with van der Waals surface area (Å²) in [5.74, 6) is -1.90. The predicted molar refractivity (Wildman–Crippen MR) is 84.9 cm³/mol. The minimum absolute atomic E-state index is 0.139. The molecule has 0 bridgehead atoms. The van der Waals surface area contributed by atoms with Gasteiger partial charge in [0, 0.05) is 17.1 Å². The highest BCUT2D eigenvalue weighted by Gasteiger charge is 2.13. The summed E-state index contributed by atoms with van der Waals surface area (Å²) < 4.78 is 26.1. The lowest BCUT2D eigenvalue weighted by Crippen LogP contribution is -2.87. The van der Waals surface area contributed by atoms with Crippen LogP contribution in [0, 0.1) is 11.6 Å². The number of carbonyl (C=O) groups excluding carboxylic acids is 1. The maximum Gasteiger partial charge on any atom is 0.275 e. The highest BCUT2D eigenvalue weighted by molar-refractivity contribution is 6.30. The number of carbonyl (C=O) groups is 1. The van der Waals surface area contributed by atoms with Crippen LogP contribution < -0.4 is 10.6 Å². The van der Waals surface area contributed by atoms with Crippen molar-refractivity contribution in [2.24, 2.45) is 0 Å². The number of hydrogen-bond acceptors (Lipinski definition) is 1. The van der Waals surface area contributed by atoms with E-state index in [2.05, 4.69) is 5.32 Å². The van der Waals surface area contributed by atoms with Crippen LogP contribution in [0.1, 0.15) is 24.1 Å². The zero-order valence-corrected chi connectivity index (χ0v) is 13.4. The fraction of sp³-hybridized carbons (Fsp3) is 0.235. The van der Waals surface area contributed by atoms with Crippen molar-refractivity contribution in [3.05, 3.63) is 70.2 Å². The molecule has 6 heteroatoms. The number of benzene rings is 2. The van der Waals surface area contributed by atoms with Crippen molar-refractivity contribution in [1.82, 2.24) is 5.32 Å². The Balaban J connectivity index is 1.80. The van der Waals surface area contributed by atoms with E-state index < -0.39 is 11.6 Å². The van der Waals surface area contributed by atoms with Crippen LogP contribution in [0.25, 0.3) is 0 Å². The van der Waals surface area contributed by atoms with Gasteiger partial charge < -0.3 is 10.6 Å². The fourth-order valence-corrected chi connectivity index (χ4v) is 2.35. The van der Waals surface area contributed by atoms with Gasteiger partial charge in [-0.15, -0.1) is 0 Å². The Bertz CT molecular complexity index is 694. The van der Waals surface area contributed by atoms with Crippen molar-refractivity contribution in [2.45, 2.75) is 19.5 Å². The minimum atomic E-state index is -0.881. The molecule has 0 spiro atoms. The van der Waals surface area contributed by atoms with E-state index in [1.165, 1.54) is 6.07 Å². The summed E-state index contributed by atoms with van der Waals surface area (Å²) in [5, 5.41) is 5.18. The molecular formula is C17H18ClF2N2O+. The topological polar surface area (TPSA) is 45.7 Å². The van der Waals surface area contributed by atoms with Gasteiger partial charge in [-0.25, -0.2) is 8.78 Å². The summed E-state index contributed by atoms with van der Waals surface area (Å²) in [7, 11) is 0. The van der Waals surface area contributed by atoms with E-state index in [-0.39, 0.29) is 18.5 Å². The van der Waals surface area contributed by atoms with Gasteiger partial charge in [0.05, 0.1) is 0 Å². The molecule has 0 aliphatic rings. The Labute approximate surface area is 138 Å². The molecule has 2 rings (SSSR count). The summed E-state index contributed by atoms with van der Waals surface area (Å²) >= 11 is 5.88. The first-order chi connectivity index (χ1) is 11.0. The smallest absolute Gasteiger partial charge is 0.275 e. The summed E-state index contributed by atoms with van der Waals surface area (Å²) in [4.78, 5) is 11.8. The molecule has 0 unspecified atom stereocenters. The molecule has 0 fully saturated rings. The molecule has 1 amide bonds. The van der Waals surface area contributed by atoms with Crippen LogP contribution in [0.2, 0.25) is 5.02 Å². The molecule has 23 heavy (non-hydrogen) atoms. The van der Waals surface area contributed by atoms with Gasteiger partial charge in [-0.2, -0.15) is 0 Å². The van der Waals surface area contributed by atoms with E-state index in [1.54, 1.807) is 17.4 Å². The highest BCUT2D eigenvalue weighted by atomic mass is 35.5. The van der Waals surface area contributed by atoms with Crippen LogP contribution in [0.5, 0.6) is 0 Å². The number of amides is 1. The molecule has 122 valence electrons. The molecule has 0 aliphatic heterocycles. The summed E-state index contributed by atoms with van der Waals surface area (Å²) in [6.07, 6.45) is 0. The normalized spacial score (nSPS) is 12.0. The van der Waals surface area contributed by atoms with Gasteiger partial charge in [0.1, 0.15) is 6.04 Å². The van der Waals surface area contributed by atoms with Crippen molar-refractivity contribution in [3.63, 3.8) is 0 Å². The lowest BCUT2D eigenvalue weighted by atomic mass is 10.1. The zero-order valence-electron chi connectivity index (χ0n) is 12.7. The Morgan fingerprint density at radius 1 is 1.22 bits per heavy atom. The minimum Gasteiger partial charge on any atom is -0.347 e. The van der Waals surface area contributed by atoms with E-state index in [4.69, 9.17) is 11.6 Å². The standard InChI is InChI=1S/C17H17ClF2N2O/c1-11(13-5-6-15(19)16(20)8-13)21-10-17(23)22-9-12-3-2-4-14(18)7-12/h2-8,11,21H,9-10H2,1H3,(H,22,23)/p+1/t11-/m0/s1. The molecule has 0 aliphatic carbocycles. The quantitative estimate of drug-likeness (QED) is 0.834. The third-order valence-electron chi connectivity index (χ3n) is 3.50. The van der Waals surface area contributed by atoms with Crippen LogP contribution >= 0.6 is 11.6 Å². The Morgan fingerprint density at radius 3 is 2.70 bits per heavy atom. The Kier molecular flexibility index (Phi) is 6.07. The van der Waals surface area contributed by atoms with E-state index in [9.17, 15) is 13.6 Å². The first-order valence-electron chi connectivity index (χ1n) is 7.25. The first-order valence-corrected chi connectivity index (χ1v) is 7.63. The van der Waals surface area contributed by atoms with Crippen LogP contribution in [-0.2, 0) is 11.3 Å². The lowest BCUT2D eigenvalue weighted by Gasteiger charge is -2.11. The summed E-state index contributed by atoms with van der Waals surface area (Å²) in [6.45, 7) is 2.42. The van der Waals surface area contributed by atoms with Crippen LogP contribution in [0.15, 0.2) is 42.5 Å². The van der Waals surface area contributed by atoms with Crippen LogP contribution in [0.4, 0.5) is 8.78 Å². The van der Waals surface area contributed by atoms with Crippen LogP contribution in [-0.4, -0.2) is 12.5 Å². The molecule has 0 radical (unpaired) electrons. The molecule has 3 N–H and O–H groups in total. The average Bonchev–Trinajstić information content (AvgIpc) is 2.53. The number of rotatable bonds is 6. The second kappa shape index (κ2) is 8.04. The lowest BCUT2D eigenvalue weighted by molar-refractivity contribution is -0.682. The van der Waals surface area contributed by atoms with Gasteiger partial charge in [-0.3, -0.25) is 4.79 Å². The van der Waals surface area contributed by atoms with Crippen LogP contribution in [0.3, 0.4) is 0 Å². The van der Waals surface area contributed by atoms with Crippen molar-refractivity contribution in [1.29, 1.82) is 0 Å². The Morgan fingerprint density at radius 2 is 2.00 bits per heavy atom. The van der Waals surface area contributed by atoms with Crippen molar-refractivity contribution in [3.8, 4) is 0 Å². The monoisotopic (exact) mass is 339 g/mol. The fourth-order valence-electron chi connectivity index (χ4n) is 2.14. The van der Waals surface area contributed by atoms with Gasteiger partial charge in [-0.05, 0) is 42.8 Å². The summed E-state index contributed by atoms with van der Waals surface area (Å²) in [6, 6.07) is 10.9. The van der Waals surface area contributed by atoms with Gasteiger partial charge in [-0.1, -0.05) is 23.7 Å². The maximum atomic E-state index is 13.2. The third-order valence-corrected chi connectivity index (χ3v) is 3.74. The number of halogens is 3. The SMILES string of the molecule is C[C@H]([NH2+]CC(=O)NCc1cccc(Cl)c1)c1ccc(F)c(F)c1. The molecule has 3 nitrogen and oxygen atoms in total. The van der Waals surface area contributed by atoms with E-state index in [1.807, 2.05) is 19.1 Å². The predicted octanol–water partition coefficient (Wildman–Crippen LogP) is 2.56. The van der Waals surface area contributed by atoms with Crippen molar-refractivity contribution < 1.29 is 18.9 Å².